The van der Waals surface area contributed by atoms with Crippen LogP contribution in [-0.4, -0.2) is 22.6 Å². The molecule has 0 spiro atoms. The van der Waals surface area contributed by atoms with Crippen LogP contribution in [-0.2, 0) is 0 Å². The van der Waals surface area contributed by atoms with Crippen LogP contribution in [0.25, 0.3) is 11.0 Å². The molecule has 0 aliphatic carbocycles. The molecule has 100 valence electrons. The summed E-state index contributed by atoms with van der Waals surface area (Å²) in [7, 11) is 0. The van der Waals surface area contributed by atoms with Crippen molar-refractivity contribution in [3.05, 3.63) is 29.0 Å². The van der Waals surface area contributed by atoms with Crippen LogP contribution >= 0.6 is 40.7 Å². The molecule has 3 nitrogen and oxygen atoms in total. The number of piperidine rings is 1. The highest BCUT2D eigenvalue weighted by atomic mass is 79.9. The van der Waals surface area contributed by atoms with E-state index in [2.05, 4.69) is 49.0 Å². The van der Waals surface area contributed by atoms with Gasteiger partial charge in [-0.1, -0.05) is 15.9 Å². The number of rotatable bonds is 1. The van der Waals surface area contributed by atoms with Crippen molar-refractivity contribution in [1.29, 1.82) is 0 Å². The molecule has 0 bridgehead atoms. The van der Waals surface area contributed by atoms with Crippen LogP contribution in [0, 0.1) is 0 Å². The van der Waals surface area contributed by atoms with E-state index < -0.39 is 0 Å². The number of nitrogens with one attached hydrogen (secondary N) is 1. The van der Waals surface area contributed by atoms with E-state index >= 15 is 0 Å². The fourth-order valence-electron chi connectivity index (χ4n) is 2.38. The Kier molecular flexibility index (Phi) is 5.92. The van der Waals surface area contributed by atoms with Gasteiger partial charge in [-0.05, 0) is 44.1 Å². The van der Waals surface area contributed by atoms with Crippen molar-refractivity contribution in [1.82, 2.24) is 14.9 Å². The minimum atomic E-state index is 0. The molecule has 1 saturated heterocycles. The minimum absolute atomic E-state index is 0. The van der Waals surface area contributed by atoms with Crippen molar-refractivity contribution in [3.63, 3.8) is 0 Å². The molecule has 3 rings (SSSR count). The second-order valence-electron chi connectivity index (χ2n) is 4.27. The fourth-order valence-corrected chi connectivity index (χ4v) is 2.73. The summed E-state index contributed by atoms with van der Waals surface area (Å²) in [6.45, 7) is 2.22. The van der Waals surface area contributed by atoms with Gasteiger partial charge in [-0.3, -0.25) is 0 Å². The van der Waals surface area contributed by atoms with E-state index in [1.807, 2.05) is 6.33 Å². The summed E-state index contributed by atoms with van der Waals surface area (Å²) in [5.74, 6) is 0. The number of fused-ring (bicyclic) bond motifs is 1. The quantitative estimate of drug-likeness (QED) is 0.850. The summed E-state index contributed by atoms with van der Waals surface area (Å²) in [4.78, 5) is 4.47. The maximum absolute atomic E-state index is 4.47. The van der Waals surface area contributed by atoms with E-state index in [0.717, 1.165) is 23.1 Å². The molecule has 0 amide bonds. The largest absolute Gasteiger partial charge is 0.327 e. The average molecular weight is 353 g/mol. The van der Waals surface area contributed by atoms with E-state index in [4.69, 9.17) is 0 Å². The highest BCUT2D eigenvalue weighted by molar-refractivity contribution is 9.10. The first kappa shape index (κ1) is 15.8. The number of hydrogen-bond acceptors (Lipinski definition) is 2. The zero-order valence-corrected chi connectivity index (χ0v) is 13.0. The molecule has 2 aromatic rings. The third-order valence-corrected chi connectivity index (χ3v) is 3.73. The number of nitrogens with zero attached hydrogens (tertiary/aromatic N) is 2. The summed E-state index contributed by atoms with van der Waals surface area (Å²) >= 11 is 3.48. The highest BCUT2D eigenvalue weighted by Gasteiger charge is 2.16. The van der Waals surface area contributed by atoms with Crippen LogP contribution in [0.5, 0.6) is 0 Å². The maximum atomic E-state index is 4.47. The molecule has 1 aliphatic rings. The average Bonchev–Trinajstić information content (AvgIpc) is 2.73. The molecule has 1 fully saturated rings. The van der Waals surface area contributed by atoms with Crippen LogP contribution in [0.2, 0.25) is 0 Å². The maximum Gasteiger partial charge on any atom is 0.0960 e. The molecule has 18 heavy (non-hydrogen) atoms. The van der Waals surface area contributed by atoms with Gasteiger partial charge >= 0.3 is 0 Å². The Hall–Kier alpha value is -0.290. The van der Waals surface area contributed by atoms with Gasteiger partial charge in [0.15, 0.2) is 0 Å². The summed E-state index contributed by atoms with van der Waals surface area (Å²) in [5, 5.41) is 3.39. The van der Waals surface area contributed by atoms with Gasteiger partial charge in [0.2, 0.25) is 0 Å². The molecule has 6 heteroatoms. The predicted molar refractivity (Wildman–Crippen MR) is 83.1 cm³/mol. The zero-order valence-electron chi connectivity index (χ0n) is 9.80. The highest BCUT2D eigenvalue weighted by Crippen LogP contribution is 2.25. The summed E-state index contributed by atoms with van der Waals surface area (Å²) in [5.41, 5.74) is 2.32. The molecule has 1 aromatic heterocycles. The molecule has 1 N–H and O–H groups in total. The number of halogens is 3. The molecule has 1 aliphatic heterocycles. The molecular formula is C12H16BrCl2N3. The Labute approximate surface area is 127 Å². The topological polar surface area (TPSA) is 29.9 Å². The lowest BCUT2D eigenvalue weighted by Gasteiger charge is -2.24. The third-order valence-electron chi connectivity index (χ3n) is 3.24. The third kappa shape index (κ3) is 2.99. The number of benzene rings is 1. The molecule has 2 heterocycles. The Morgan fingerprint density at radius 1 is 1.22 bits per heavy atom. The van der Waals surface area contributed by atoms with Crippen molar-refractivity contribution in [3.8, 4) is 0 Å². The van der Waals surface area contributed by atoms with Crippen LogP contribution in [0.3, 0.4) is 0 Å². The van der Waals surface area contributed by atoms with E-state index in [1.165, 1.54) is 18.4 Å². The van der Waals surface area contributed by atoms with Crippen molar-refractivity contribution in [2.24, 2.45) is 0 Å². The number of imidazole rings is 1. The van der Waals surface area contributed by atoms with Crippen LogP contribution in [0.4, 0.5) is 0 Å². The van der Waals surface area contributed by atoms with Crippen molar-refractivity contribution >= 4 is 51.8 Å². The second-order valence-corrected chi connectivity index (χ2v) is 5.18. The van der Waals surface area contributed by atoms with Gasteiger partial charge in [-0.2, -0.15) is 0 Å². The first-order chi connectivity index (χ1) is 7.84. The lowest BCUT2D eigenvalue weighted by atomic mass is 10.1. The van der Waals surface area contributed by atoms with Crippen molar-refractivity contribution < 1.29 is 0 Å². The van der Waals surface area contributed by atoms with Gasteiger partial charge in [0.25, 0.3) is 0 Å². The van der Waals surface area contributed by atoms with Gasteiger partial charge < -0.3 is 9.88 Å². The first-order valence-corrected chi connectivity index (χ1v) is 6.47. The van der Waals surface area contributed by atoms with E-state index in [-0.39, 0.29) is 24.8 Å². The monoisotopic (exact) mass is 351 g/mol. The summed E-state index contributed by atoms with van der Waals surface area (Å²) in [6.07, 6.45) is 4.37. The Morgan fingerprint density at radius 3 is 2.67 bits per heavy atom. The predicted octanol–water partition coefficient (Wildman–Crippen LogP) is 3.57. The normalized spacial score (nSPS) is 16.1. The van der Waals surface area contributed by atoms with Gasteiger partial charge in [-0.25, -0.2) is 4.98 Å². The van der Waals surface area contributed by atoms with E-state index in [9.17, 15) is 0 Å². The Bertz CT molecular complexity index is 509. The Morgan fingerprint density at radius 2 is 1.94 bits per heavy atom. The van der Waals surface area contributed by atoms with Gasteiger partial charge in [0.05, 0.1) is 17.4 Å². The van der Waals surface area contributed by atoms with Gasteiger partial charge in [0.1, 0.15) is 0 Å². The first-order valence-electron chi connectivity index (χ1n) is 5.67. The van der Waals surface area contributed by atoms with Gasteiger partial charge in [0, 0.05) is 10.5 Å². The lowest BCUT2D eigenvalue weighted by Crippen LogP contribution is -2.29. The smallest absolute Gasteiger partial charge is 0.0960 e. The Balaban J connectivity index is 0.000000810. The number of aromatic nitrogens is 2. The summed E-state index contributed by atoms with van der Waals surface area (Å²) < 4.78 is 3.42. The second kappa shape index (κ2) is 6.75. The van der Waals surface area contributed by atoms with E-state index in [1.54, 1.807) is 0 Å². The zero-order chi connectivity index (χ0) is 11.0. The number of hydrogen-bond donors (Lipinski definition) is 1. The molecule has 0 atom stereocenters. The van der Waals surface area contributed by atoms with Crippen LogP contribution < -0.4 is 5.32 Å². The lowest BCUT2D eigenvalue weighted by molar-refractivity contribution is 0.374. The molecule has 1 aromatic carbocycles. The fraction of sp³-hybridized carbons (Fsp3) is 0.417. The van der Waals surface area contributed by atoms with Crippen molar-refractivity contribution in [2.75, 3.05) is 13.1 Å². The van der Waals surface area contributed by atoms with E-state index in [0.29, 0.717) is 6.04 Å². The molecule has 0 unspecified atom stereocenters. The standard InChI is InChI=1S/C12H14BrN3.2ClH/c13-9-1-2-12-11(7-9)15-8-16(12)10-3-5-14-6-4-10;;/h1-2,7-8,10,14H,3-6H2;2*1H. The van der Waals surface area contributed by atoms with Crippen molar-refractivity contribution in [2.45, 2.75) is 18.9 Å². The van der Waals surface area contributed by atoms with Gasteiger partial charge in [-0.15, -0.1) is 24.8 Å². The minimum Gasteiger partial charge on any atom is -0.327 e. The SMILES string of the molecule is Brc1ccc2c(c1)ncn2C1CCNCC1.Cl.Cl. The van der Waals surface area contributed by atoms with Crippen LogP contribution in [0.1, 0.15) is 18.9 Å². The summed E-state index contributed by atoms with van der Waals surface area (Å²) in [6, 6.07) is 6.91. The van der Waals surface area contributed by atoms with Crippen LogP contribution in [0.15, 0.2) is 29.0 Å². The molecular weight excluding hydrogens is 337 g/mol. The molecule has 0 saturated carbocycles. The molecule has 0 radical (unpaired) electrons.